The third-order valence-electron chi connectivity index (χ3n) is 2.66. The number of hydrogen-bond acceptors (Lipinski definition) is 0. The molecule has 0 heterocycles. The van der Waals surface area contributed by atoms with Crippen molar-refractivity contribution in [3.8, 4) is 0 Å². The van der Waals surface area contributed by atoms with Gasteiger partial charge in [0.15, 0.2) is 0 Å². The Morgan fingerprint density at radius 1 is 1.17 bits per heavy atom. The molecule has 1 atom stereocenters. The standard InChI is InChI=1S/C14H10Cl2FI/c15-12-5-2-6-14(17)11(12)8-13(16)9-3-1-4-10(18)7-9/h1-7,13H,8H2. The first kappa shape index (κ1) is 14.1. The van der Waals surface area contributed by atoms with Crippen LogP contribution >= 0.6 is 45.8 Å². The van der Waals surface area contributed by atoms with Crippen molar-refractivity contribution in [1.29, 1.82) is 0 Å². The molecule has 2 rings (SSSR count). The maximum atomic E-state index is 13.7. The summed E-state index contributed by atoms with van der Waals surface area (Å²) in [6, 6.07) is 12.5. The van der Waals surface area contributed by atoms with Gasteiger partial charge in [-0.2, -0.15) is 0 Å². The van der Waals surface area contributed by atoms with Gasteiger partial charge in [-0.15, -0.1) is 11.6 Å². The first-order valence-electron chi connectivity index (χ1n) is 5.40. The number of hydrogen-bond donors (Lipinski definition) is 0. The average molecular weight is 395 g/mol. The Hall–Kier alpha value is -0.320. The lowest BCUT2D eigenvalue weighted by Gasteiger charge is -2.12. The molecule has 4 heteroatoms. The Morgan fingerprint density at radius 2 is 1.89 bits per heavy atom. The topological polar surface area (TPSA) is 0 Å². The molecule has 0 radical (unpaired) electrons. The molecule has 0 spiro atoms. The van der Waals surface area contributed by atoms with E-state index in [9.17, 15) is 4.39 Å². The molecular weight excluding hydrogens is 385 g/mol. The summed E-state index contributed by atoms with van der Waals surface area (Å²) in [6.45, 7) is 0. The van der Waals surface area contributed by atoms with Crippen LogP contribution in [0.25, 0.3) is 0 Å². The molecule has 94 valence electrons. The van der Waals surface area contributed by atoms with Gasteiger partial charge in [-0.05, 0) is 58.8 Å². The van der Waals surface area contributed by atoms with E-state index in [1.54, 1.807) is 12.1 Å². The molecule has 18 heavy (non-hydrogen) atoms. The molecular formula is C14H10Cl2FI. The summed E-state index contributed by atoms with van der Waals surface area (Å²) in [4.78, 5) is 0. The molecule has 0 amide bonds. The highest BCUT2D eigenvalue weighted by atomic mass is 127. The van der Waals surface area contributed by atoms with Crippen molar-refractivity contribution in [3.05, 3.63) is 68.0 Å². The molecule has 0 aliphatic rings. The van der Waals surface area contributed by atoms with Crippen LogP contribution in [0.1, 0.15) is 16.5 Å². The number of benzene rings is 2. The number of alkyl halides is 1. The van der Waals surface area contributed by atoms with E-state index >= 15 is 0 Å². The van der Waals surface area contributed by atoms with Gasteiger partial charge >= 0.3 is 0 Å². The predicted molar refractivity (Wildman–Crippen MR) is 82.9 cm³/mol. The Bertz CT molecular complexity index is 537. The lowest BCUT2D eigenvalue weighted by Crippen LogP contribution is -1.99. The molecule has 0 N–H and O–H groups in total. The number of rotatable bonds is 3. The van der Waals surface area contributed by atoms with Crippen LogP contribution in [0.4, 0.5) is 4.39 Å². The second-order valence-corrected chi connectivity index (χ2v) is 6.11. The normalized spacial score (nSPS) is 12.4. The van der Waals surface area contributed by atoms with Crippen LogP contribution in [0.15, 0.2) is 42.5 Å². The fourth-order valence-electron chi connectivity index (χ4n) is 1.73. The minimum atomic E-state index is -0.307. The Labute approximate surface area is 129 Å². The van der Waals surface area contributed by atoms with E-state index in [0.717, 1.165) is 9.13 Å². The smallest absolute Gasteiger partial charge is 0.127 e. The molecule has 0 aromatic heterocycles. The summed E-state index contributed by atoms with van der Waals surface area (Å²) in [5, 5.41) is 0.139. The van der Waals surface area contributed by atoms with Crippen LogP contribution in [0.5, 0.6) is 0 Å². The lowest BCUT2D eigenvalue weighted by atomic mass is 10.0. The van der Waals surface area contributed by atoms with E-state index in [2.05, 4.69) is 22.6 Å². The van der Waals surface area contributed by atoms with E-state index < -0.39 is 0 Å². The third-order valence-corrected chi connectivity index (χ3v) is 4.09. The van der Waals surface area contributed by atoms with Gasteiger partial charge < -0.3 is 0 Å². The number of halogens is 4. The quantitative estimate of drug-likeness (QED) is 0.469. The molecule has 0 fully saturated rings. The van der Waals surface area contributed by atoms with Crippen LogP contribution in [-0.4, -0.2) is 0 Å². The molecule has 2 aromatic rings. The first-order valence-corrected chi connectivity index (χ1v) is 7.29. The molecule has 0 aliphatic carbocycles. The van der Waals surface area contributed by atoms with Crippen molar-refractivity contribution in [3.63, 3.8) is 0 Å². The molecule has 2 aromatic carbocycles. The van der Waals surface area contributed by atoms with Gasteiger partial charge in [0, 0.05) is 14.2 Å². The predicted octanol–water partition coefficient (Wildman–Crippen LogP) is 5.61. The summed E-state index contributed by atoms with van der Waals surface area (Å²) in [5.41, 5.74) is 1.45. The van der Waals surface area contributed by atoms with Gasteiger partial charge in [0.2, 0.25) is 0 Å². The average Bonchev–Trinajstić information content (AvgIpc) is 2.34. The molecule has 0 aliphatic heterocycles. The van der Waals surface area contributed by atoms with E-state index in [1.807, 2.05) is 24.3 Å². The minimum Gasteiger partial charge on any atom is -0.207 e. The zero-order valence-electron chi connectivity index (χ0n) is 9.34. The van der Waals surface area contributed by atoms with Crippen molar-refractivity contribution in [1.82, 2.24) is 0 Å². The maximum Gasteiger partial charge on any atom is 0.127 e. The van der Waals surface area contributed by atoms with Gasteiger partial charge in [0.1, 0.15) is 5.82 Å². The lowest BCUT2D eigenvalue weighted by molar-refractivity contribution is 0.607. The fraction of sp³-hybridized carbons (Fsp3) is 0.143. The van der Waals surface area contributed by atoms with E-state index in [1.165, 1.54) is 6.07 Å². The minimum absolute atomic E-state index is 0.283. The Kier molecular flexibility index (Phi) is 4.87. The highest BCUT2D eigenvalue weighted by Crippen LogP contribution is 2.30. The summed E-state index contributed by atoms with van der Waals surface area (Å²) in [7, 11) is 0. The van der Waals surface area contributed by atoms with Crippen LogP contribution in [0.2, 0.25) is 5.02 Å². The summed E-state index contributed by atoms with van der Waals surface area (Å²) in [5.74, 6) is -0.307. The van der Waals surface area contributed by atoms with Crippen LogP contribution in [-0.2, 0) is 6.42 Å². The zero-order valence-corrected chi connectivity index (χ0v) is 13.0. The molecule has 0 bridgehead atoms. The van der Waals surface area contributed by atoms with Gasteiger partial charge in [-0.3, -0.25) is 0 Å². The van der Waals surface area contributed by atoms with Crippen molar-refractivity contribution < 1.29 is 4.39 Å². The SMILES string of the molecule is Fc1cccc(Cl)c1CC(Cl)c1cccc(I)c1. The molecule has 0 saturated carbocycles. The van der Waals surface area contributed by atoms with Crippen LogP contribution in [0.3, 0.4) is 0 Å². The van der Waals surface area contributed by atoms with E-state index in [4.69, 9.17) is 23.2 Å². The largest absolute Gasteiger partial charge is 0.207 e. The highest BCUT2D eigenvalue weighted by Gasteiger charge is 2.14. The van der Waals surface area contributed by atoms with Crippen molar-refractivity contribution in [2.24, 2.45) is 0 Å². The Balaban J connectivity index is 2.24. The van der Waals surface area contributed by atoms with E-state index in [-0.39, 0.29) is 11.2 Å². The van der Waals surface area contributed by atoms with Crippen molar-refractivity contribution in [2.75, 3.05) is 0 Å². The Morgan fingerprint density at radius 3 is 2.56 bits per heavy atom. The second kappa shape index (κ2) is 6.22. The van der Waals surface area contributed by atoms with Gasteiger partial charge in [-0.25, -0.2) is 4.39 Å². The monoisotopic (exact) mass is 394 g/mol. The molecule has 0 saturated heterocycles. The third kappa shape index (κ3) is 3.37. The molecule has 1 unspecified atom stereocenters. The van der Waals surface area contributed by atoms with Gasteiger partial charge in [0.25, 0.3) is 0 Å². The van der Waals surface area contributed by atoms with Crippen LogP contribution < -0.4 is 0 Å². The second-order valence-electron chi connectivity index (χ2n) is 3.93. The first-order chi connectivity index (χ1) is 8.58. The molecule has 0 nitrogen and oxygen atoms in total. The zero-order chi connectivity index (χ0) is 13.1. The van der Waals surface area contributed by atoms with Crippen molar-refractivity contribution in [2.45, 2.75) is 11.8 Å². The fourth-order valence-corrected chi connectivity index (χ4v) is 2.82. The van der Waals surface area contributed by atoms with Crippen LogP contribution in [0, 0.1) is 9.39 Å². The van der Waals surface area contributed by atoms with Gasteiger partial charge in [0.05, 0.1) is 5.38 Å². The summed E-state index contributed by atoms with van der Waals surface area (Å²) >= 11 is 14.5. The summed E-state index contributed by atoms with van der Waals surface area (Å²) in [6.07, 6.45) is 0.382. The van der Waals surface area contributed by atoms with Gasteiger partial charge in [-0.1, -0.05) is 29.8 Å². The highest BCUT2D eigenvalue weighted by molar-refractivity contribution is 14.1. The summed E-state index contributed by atoms with van der Waals surface area (Å²) < 4.78 is 14.8. The maximum absolute atomic E-state index is 13.7. The van der Waals surface area contributed by atoms with E-state index in [0.29, 0.717) is 17.0 Å². The van der Waals surface area contributed by atoms with Crippen molar-refractivity contribution >= 4 is 45.8 Å².